The number of benzene rings is 1. The van der Waals surface area contributed by atoms with Gasteiger partial charge in [-0.25, -0.2) is 0 Å². The predicted molar refractivity (Wildman–Crippen MR) is 88.9 cm³/mol. The molecule has 1 amide bonds. The number of rotatable bonds is 9. The van der Waals surface area contributed by atoms with Crippen molar-refractivity contribution in [3.05, 3.63) is 24.3 Å². The molecule has 0 aromatic heterocycles. The monoisotopic (exact) mass is 322 g/mol. The molecule has 0 aliphatic carbocycles. The van der Waals surface area contributed by atoms with Crippen LogP contribution in [0.5, 0.6) is 5.75 Å². The molecular weight excluding hydrogens is 296 g/mol. The lowest BCUT2D eigenvalue weighted by atomic mass is 10.1. The summed E-state index contributed by atoms with van der Waals surface area (Å²) in [5, 5.41) is 5.88. The third-order valence-corrected chi connectivity index (χ3v) is 3.63. The van der Waals surface area contributed by atoms with Crippen LogP contribution in [-0.2, 0) is 14.3 Å². The Hall–Kier alpha value is -1.63. The van der Waals surface area contributed by atoms with Crippen LogP contribution in [0.25, 0.3) is 0 Å². The van der Waals surface area contributed by atoms with Crippen LogP contribution in [0, 0.1) is 0 Å². The van der Waals surface area contributed by atoms with E-state index in [2.05, 4.69) is 10.6 Å². The van der Waals surface area contributed by atoms with E-state index in [1.54, 1.807) is 7.11 Å². The molecule has 0 saturated carbocycles. The topological polar surface area (TPSA) is 68.8 Å². The Morgan fingerprint density at radius 1 is 1.35 bits per heavy atom. The molecule has 0 bridgehead atoms. The largest absolute Gasteiger partial charge is 0.489 e. The van der Waals surface area contributed by atoms with Gasteiger partial charge in [0.1, 0.15) is 12.4 Å². The number of para-hydroxylation sites is 2. The van der Waals surface area contributed by atoms with Crippen molar-refractivity contribution in [2.45, 2.75) is 25.4 Å². The van der Waals surface area contributed by atoms with E-state index in [-0.39, 0.29) is 18.6 Å². The molecule has 1 fully saturated rings. The van der Waals surface area contributed by atoms with Crippen LogP contribution in [0.1, 0.15) is 19.3 Å². The fourth-order valence-corrected chi connectivity index (χ4v) is 2.39. The van der Waals surface area contributed by atoms with E-state index in [1.165, 1.54) is 6.42 Å². The van der Waals surface area contributed by atoms with Crippen LogP contribution in [-0.4, -0.2) is 52.0 Å². The molecule has 1 atom stereocenters. The predicted octanol–water partition coefficient (Wildman–Crippen LogP) is 1.81. The maximum Gasteiger partial charge on any atom is 0.238 e. The lowest BCUT2D eigenvalue weighted by Crippen LogP contribution is -2.30. The molecule has 2 rings (SSSR count). The number of carbonyl (C=O) groups excluding carboxylic acids is 1. The number of methoxy groups -OCH3 is 1. The minimum atomic E-state index is -0.105. The molecule has 23 heavy (non-hydrogen) atoms. The van der Waals surface area contributed by atoms with Gasteiger partial charge in [0.15, 0.2) is 0 Å². The fourth-order valence-electron chi connectivity index (χ4n) is 2.39. The van der Waals surface area contributed by atoms with Crippen molar-refractivity contribution in [3.8, 4) is 5.75 Å². The van der Waals surface area contributed by atoms with Crippen molar-refractivity contribution in [2.75, 3.05) is 45.3 Å². The number of ether oxygens (including phenoxy) is 3. The Bertz CT molecular complexity index is 475. The van der Waals surface area contributed by atoms with Gasteiger partial charge in [-0.15, -0.1) is 0 Å². The summed E-state index contributed by atoms with van der Waals surface area (Å²) >= 11 is 0. The fraction of sp³-hybridized carbons (Fsp3) is 0.588. The molecule has 1 saturated heterocycles. The zero-order valence-electron chi connectivity index (χ0n) is 13.7. The number of hydrogen-bond acceptors (Lipinski definition) is 5. The van der Waals surface area contributed by atoms with Gasteiger partial charge in [0.2, 0.25) is 5.91 Å². The molecule has 0 radical (unpaired) electrons. The first-order chi connectivity index (χ1) is 11.3. The lowest BCUT2D eigenvalue weighted by molar-refractivity contribution is -0.115. The van der Waals surface area contributed by atoms with Gasteiger partial charge in [-0.2, -0.15) is 0 Å². The zero-order chi connectivity index (χ0) is 16.3. The summed E-state index contributed by atoms with van der Waals surface area (Å²) in [7, 11) is 1.63. The first kappa shape index (κ1) is 17.7. The van der Waals surface area contributed by atoms with Gasteiger partial charge in [-0.1, -0.05) is 12.1 Å². The molecule has 1 heterocycles. The maximum atomic E-state index is 11.9. The quantitative estimate of drug-likeness (QED) is 0.679. The summed E-state index contributed by atoms with van der Waals surface area (Å²) in [5.74, 6) is 0.568. The number of amides is 1. The molecule has 128 valence electrons. The maximum absolute atomic E-state index is 11.9. The summed E-state index contributed by atoms with van der Waals surface area (Å²) in [5.41, 5.74) is 0.682. The van der Waals surface area contributed by atoms with E-state index < -0.39 is 0 Å². The summed E-state index contributed by atoms with van der Waals surface area (Å²) in [6, 6.07) is 7.46. The van der Waals surface area contributed by atoms with E-state index >= 15 is 0 Å². The minimum Gasteiger partial charge on any atom is -0.489 e. The SMILES string of the molecule is COCCNCC(=O)Nc1ccccc1OCC1CCCCO1. The second-order valence-electron chi connectivity index (χ2n) is 5.51. The lowest BCUT2D eigenvalue weighted by Gasteiger charge is -2.23. The number of hydrogen-bond donors (Lipinski definition) is 2. The highest BCUT2D eigenvalue weighted by molar-refractivity contribution is 5.93. The van der Waals surface area contributed by atoms with E-state index in [1.807, 2.05) is 24.3 Å². The molecule has 2 N–H and O–H groups in total. The van der Waals surface area contributed by atoms with Crippen molar-refractivity contribution in [3.63, 3.8) is 0 Å². The third-order valence-electron chi connectivity index (χ3n) is 3.63. The Balaban J connectivity index is 1.80. The van der Waals surface area contributed by atoms with Gasteiger partial charge in [-0.05, 0) is 31.4 Å². The zero-order valence-corrected chi connectivity index (χ0v) is 13.7. The highest BCUT2D eigenvalue weighted by atomic mass is 16.5. The van der Waals surface area contributed by atoms with Gasteiger partial charge in [0.25, 0.3) is 0 Å². The van der Waals surface area contributed by atoms with Crippen molar-refractivity contribution < 1.29 is 19.0 Å². The molecule has 0 spiro atoms. The smallest absolute Gasteiger partial charge is 0.238 e. The van der Waals surface area contributed by atoms with Crippen LogP contribution >= 0.6 is 0 Å². The molecule has 6 nitrogen and oxygen atoms in total. The van der Waals surface area contributed by atoms with Crippen LogP contribution in [0.4, 0.5) is 5.69 Å². The van der Waals surface area contributed by atoms with Crippen LogP contribution in [0.3, 0.4) is 0 Å². The average Bonchev–Trinajstić information content (AvgIpc) is 2.59. The molecule has 1 unspecified atom stereocenters. The molecular formula is C17H26N2O4. The summed E-state index contributed by atoms with van der Waals surface area (Å²) in [6.07, 6.45) is 3.47. The second kappa shape index (κ2) is 10.2. The second-order valence-corrected chi connectivity index (χ2v) is 5.51. The highest BCUT2D eigenvalue weighted by Gasteiger charge is 2.15. The van der Waals surface area contributed by atoms with Crippen molar-refractivity contribution >= 4 is 11.6 Å². The number of nitrogens with one attached hydrogen (secondary N) is 2. The molecule has 6 heteroatoms. The Morgan fingerprint density at radius 3 is 3.00 bits per heavy atom. The van der Waals surface area contributed by atoms with Gasteiger partial charge < -0.3 is 24.8 Å². The Labute approximate surface area is 137 Å². The molecule has 1 aliphatic rings. The minimum absolute atomic E-state index is 0.105. The summed E-state index contributed by atoms with van der Waals surface area (Å²) in [4.78, 5) is 11.9. The first-order valence-corrected chi connectivity index (χ1v) is 8.12. The van der Waals surface area contributed by atoms with E-state index in [0.29, 0.717) is 31.2 Å². The van der Waals surface area contributed by atoms with Gasteiger partial charge >= 0.3 is 0 Å². The summed E-state index contributed by atoms with van der Waals surface area (Å²) < 4.78 is 16.4. The van der Waals surface area contributed by atoms with Crippen LogP contribution in [0.2, 0.25) is 0 Å². The van der Waals surface area contributed by atoms with Gasteiger partial charge in [0, 0.05) is 20.3 Å². The Kier molecular flexibility index (Phi) is 7.86. The van der Waals surface area contributed by atoms with Gasteiger partial charge in [-0.3, -0.25) is 4.79 Å². The highest BCUT2D eigenvalue weighted by Crippen LogP contribution is 2.24. The van der Waals surface area contributed by atoms with Crippen molar-refractivity contribution in [1.82, 2.24) is 5.32 Å². The van der Waals surface area contributed by atoms with Crippen molar-refractivity contribution in [2.24, 2.45) is 0 Å². The summed E-state index contributed by atoms with van der Waals surface area (Å²) in [6.45, 7) is 2.78. The standard InChI is InChI=1S/C17H26N2O4/c1-21-11-9-18-12-17(20)19-15-7-2-3-8-16(15)23-13-14-6-4-5-10-22-14/h2-3,7-8,14,18H,4-6,9-13H2,1H3,(H,19,20). The van der Waals surface area contributed by atoms with Crippen molar-refractivity contribution in [1.29, 1.82) is 0 Å². The van der Waals surface area contributed by atoms with Crippen LogP contribution in [0.15, 0.2) is 24.3 Å². The Morgan fingerprint density at radius 2 is 2.22 bits per heavy atom. The normalized spacial score (nSPS) is 17.7. The molecule has 1 aromatic rings. The van der Waals surface area contributed by atoms with Crippen LogP contribution < -0.4 is 15.4 Å². The van der Waals surface area contributed by atoms with E-state index in [4.69, 9.17) is 14.2 Å². The van der Waals surface area contributed by atoms with E-state index in [0.717, 1.165) is 19.4 Å². The molecule has 1 aliphatic heterocycles. The molecule has 1 aromatic carbocycles. The van der Waals surface area contributed by atoms with E-state index in [9.17, 15) is 4.79 Å². The third kappa shape index (κ3) is 6.56. The number of anilines is 1. The average molecular weight is 322 g/mol. The van der Waals surface area contributed by atoms with Gasteiger partial charge in [0.05, 0.1) is 24.9 Å². The first-order valence-electron chi connectivity index (χ1n) is 8.12. The number of carbonyl (C=O) groups is 1.